The molecule has 2 saturated heterocycles. The van der Waals surface area contributed by atoms with Gasteiger partial charge >= 0.3 is 5.69 Å². The maximum atomic E-state index is 12.8. The van der Waals surface area contributed by atoms with E-state index < -0.39 is 5.79 Å². The number of piperazine rings is 1. The molecule has 0 radical (unpaired) electrons. The molecule has 49 heavy (non-hydrogen) atoms. The van der Waals surface area contributed by atoms with Crippen molar-refractivity contribution >= 4 is 34.6 Å². The Labute approximate surface area is 294 Å². The van der Waals surface area contributed by atoms with Gasteiger partial charge in [0.2, 0.25) is 5.79 Å². The summed E-state index contributed by atoms with van der Waals surface area (Å²) in [4.78, 5) is 21.6. The predicted octanol–water partition coefficient (Wildman–Crippen LogP) is 5.79. The summed E-state index contributed by atoms with van der Waals surface area (Å²) in [6, 6.07) is 21.6. The summed E-state index contributed by atoms with van der Waals surface area (Å²) in [7, 11) is 0. The summed E-state index contributed by atoms with van der Waals surface area (Å²) in [6.07, 6.45) is 5.15. The van der Waals surface area contributed by atoms with Crippen LogP contribution in [-0.2, 0) is 16.0 Å². The number of benzene rings is 3. The van der Waals surface area contributed by atoms with Gasteiger partial charge in [0.15, 0.2) is 0 Å². The molecule has 3 aromatic carbocycles. The third-order valence-corrected chi connectivity index (χ3v) is 9.73. The van der Waals surface area contributed by atoms with Crippen LogP contribution in [0.2, 0.25) is 10.0 Å². The van der Waals surface area contributed by atoms with Crippen molar-refractivity contribution in [1.29, 1.82) is 0 Å². The highest BCUT2D eigenvalue weighted by molar-refractivity contribution is 6.35. The average Bonchev–Trinajstić information content (AvgIpc) is 3.89. The molecule has 12 nitrogen and oxygen atoms in total. The standard InChI is InChI=1S/C35H38Cl2N8O4/c1-3-25(2)45-34(46)44(24-40-45)29-7-5-27(6-8-29)41-14-16-42(17-15-41)28-9-11-30(12-10-28)47-21-35(20-43-23-38-22-39-43)48-19-33(49-35)31-13-4-26(36)18-32(31)37/h4-13,18,22-25,33H,3,14-17,19-21H2,1-2H3. The van der Waals surface area contributed by atoms with E-state index in [2.05, 4.69) is 49.2 Å². The van der Waals surface area contributed by atoms with Gasteiger partial charge in [-0.1, -0.05) is 36.2 Å². The molecule has 5 aromatic rings. The van der Waals surface area contributed by atoms with E-state index in [0.29, 0.717) is 28.9 Å². The van der Waals surface area contributed by atoms with E-state index in [4.69, 9.17) is 37.4 Å². The van der Waals surface area contributed by atoms with E-state index >= 15 is 0 Å². The highest BCUT2D eigenvalue weighted by Gasteiger charge is 2.44. The number of nitrogens with zero attached hydrogens (tertiary/aromatic N) is 8. The van der Waals surface area contributed by atoms with Gasteiger partial charge in [-0.25, -0.2) is 23.7 Å². The van der Waals surface area contributed by atoms with Gasteiger partial charge in [0.25, 0.3) is 0 Å². The topological polar surface area (TPSA) is 105 Å². The second-order valence-electron chi connectivity index (χ2n) is 12.3. The first-order valence-corrected chi connectivity index (χ1v) is 17.1. The molecule has 0 saturated carbocycles. The second-order valence-corrected chi connectivity index (χ2v) is 13.2. The molecule has 0 spiro atoms. The fraction of sp³-hybridized carbons (Fsp3) is 0.371. The van der Waals surface area contributed by atoms with Crippen molar-refractivity contribution in [2.75, 3.05) is 49.2 Å². The minimum absolute atomic E-state index is 0.0623. The van der Waals surface area contributed by atoms with Crippen LogP contribution < -0.4 is 20.2 Å². The van der Waals surface area contributed by atoms with Gasteiger partial charge < -0.3 is 24.0 Å². The van der Waals surface area contributed by atoms with Crippen molar-refractivity contribution in [3.63, 3.8) is 0 Å². The first-order chi connectivity index (χ1) is 23.8. The molecule has 0 amide bonds. The molecule has 0 N–H and O–H groups in total. The lowest BCUT2D eigenvalue weighted by atomic mass is 10.1. The predicted molar refractivity (Wildman–Crippen MR) is 188 cm³/mol. The fourth-order valence-electron chi connectivity index (χ4n) is 6.20. The Kier molecular flexibility index (Phi) is 9.64. The number of rotatable bonds is 11. The molecular weight excluding hydrogens is 667 g/mol. The highest BCUT2D eigenvalue weighted by Crippen LogP contribution is 2.39. The molecule has 2 fully saturated rings. The van der Waals surface area contributed by atoms with Crippen LogP contribution in [0.15, 0.2) is 90.5 Å². The first-order valence-electron chi connectivity index (χ1n) is 16.4. The summed E-state index contributed by atoms with van der Waals surface area (Å²) >= 11 is 12.6. The molecule has 3 atom stereocenters. The Morgan fingerprint density at radius 1 is 0.918 bits per heavy atom. The summed E-state index contributed by atoms with van der Waals surface area (Å²) < 4.78 is 23.8. The zero-order chi connectivity index (χ0) is 34.0. The summed E-state index contributed by atoms with van der Waals surface area (Å²) in [5, 5.41) is 9.62. The second kappa shape index (κ2) is 14.2. The highest BCUT2D eigenvalue weighted by atomic mass is 35.5. The van der Waals surface area contributed by atoms with Crippen molar-refractivity contribution in [2.45, 2.75) is 44.7 Å². The Bertz CT molecular complexity index is 1910. The van der Waals surface area contributed by atoms with Gasteiger partial charge in [-0.2, -0.15) is 10.2 Å². The van der Waals surface area contributed by atoms with Crippen LogP contribution in [0.5, 0.6) is 5.75 Å². The largest absolute Gasteiger partial charge is 0.488 e. The van der Waals surface area contributed by atoms with Crippen molar-refractivity contribution in [2.24, 2.45) is 0 Å². The van der Waals surface area contributed by atoms with Crippen LogP contribution in [0.4, 0.5) is 11.4 Å². The number of hydrogen-bond donors (Lipinski definition) is 0. The van der Waals surface area contributed by atoms with E-state index in [0.717, 1.165) is 55.2 Å². The molecule has 4 heterocycles. The summed E-state index contributed by atoms with van der Waals surface area (Å²) in [5.41, 5.74) is 3.75. The third-order valence-electron chi connectivity index (χ3n) is 9.17. The minimum Gasteiger partial charge on any atom is -0.488 e. The van der Waals surface area contributed by atoms with Gasteiger partial charge in [0.05, 0.1) is 18.3 Å². The van der Waals surface area contributed by atoms with Gasteiger partial charge in [-0.3, -0.25) is 0 Å². The van der Waals surface area contributed by atoms with Crippen LogP contribution in [-0.4, -0.2) is 74.3 Å². The number of ether oxygens (including phenoxy) is 3. The normalized spacial score (nSPS) is 20.1. The van der Waals surface area contributed by atoms with Crippen LogP contribution >= 0.6 is 23.2 Å². The van der Waals surface area contributed by atoms with Crippen molar-refractivity contribution in [3.8, 4) is 11.4 Å². The third kappa shape index (κ3) is 7.18. The Morgan fingerprint density at radius 3 is 2.22 bits per heavy atom. The minimum atomic E-state index is -1.10. The fourth-order valence-corrected chi connectivity index (χ4v) is 6.73. The molecular formula is C35H38Cl2N8O4. The lowest BCUT2D eigenvalue weighted by Gasteiger charge is -2.37. The number of halogens is 2. The molecule has 3 unspecified atom stereocenters. The molecule has 256 valence electrons. The molecule has 0 bridgehead atoms. The maximum Gasteiger partial charge on any atom is 0.350 e. The van der Waals surface area contributed by atoms with Crippen LogP contribution in [0.1, 0.15) is 38.0 Å². The molecule has 2 aromatic heterocycles. The van der Waals surface area contributed by atoms with Gasteiger partial charge in [0, 0.05) is 53.2 Å². The van der Waals surface area contributed by atoms with Gasteiger partial charge in [-0.05, 0) is 74.0 Å². The number of anilines is 2. The number of aromatic nitrogens is 6. The Balaban J connectivity index is 0.952. The average molecular weight is 706 g/mol. The first kappa shape index (κ1) is 33.2. The molecule has 0 aliphatic carbocycles. The van der Waals surface area contributed by atoms with Crippen molar-refractivity contribution < 1.29 is 14.2 Å². The van der Waals surface area contributed by atoms with Crippen molar-refractivity contribution in [1.82, 2.24) is 29.1 Å². The summed E-state index contributed by atoms with van der Waals surface area (Å²) in [6.45, 7) is 8.29. The van der Waals surface area contributed by atoms with Gasteiger partial charge in [0.1, 0.15) is 44.0 Å². The van der Waals surface area contributed by atoms with E-state index in [9.17, 15) is 4.79 Å². The molecule has 14 heteroatoms. The van der Waals surface area contributed by atoms with E-state index in [-0.39, 0.29) is 24.4 Å². The quantitative estimate of drug-likeness (QED) is 0.169. The SMILES string of the molecule is CCC(C)n1ncn(-c2ccc(N3CCN(c4ccc(OCC5(Cn6cncn6)OCC(c6ccc(Cl)cc6Cl)O5)cc4)CC3)cc2)c1=O. The van der Waals surface area contributed by atoms with Crippen LogP contribution in [0.3, 0.4) is 0 Å². The van der Waals surface area contributed by atoms with E-state index in [1.54, 1.807) is 34.0 Å². The lowest BCUT2D eigenvalue weighted by Crippen LogP contribution is -2.46. The molecule has 2 aliphatic rings. The zero-order valence-electron chi connectivity index (χ0n) is 27.4. The number of hydrogen-bond acceptors (Lipinski definition) is 9. The molecule has 7 rings (SSSR count). The summed E-state index contributed by atoms with van der Waals surface area (Å²) in [5.74, 6) is -0.394. The zero-order valence-corrected chi connectivity index (χ0v) is 28.9. The van der Waals surface area contributed by atoms with E-state index in [1.807, 2.05) is 44.2 Å². The Morgan fingerprint density at radius 2 is 1.59 bits per heavy atom. The van der Waals surface area contributed by atoms with Crippen LogP contribution in [0, 0.1) is 0 Å². The lowest BCUT2D eigenvalue weighted by molar-refractivity contribution is -0.198. The van der Waals surface area contributed by atoms with Crippen LogP contribution in [0.25, 0.3) is 5.69 Å². The maximum absolute atomic E-state index is 12.8. The van der Waals surface area contributed by atoms with Gasteiger partial charge in [-0.15, -0.1) is 0 Å². The molecule has 2 aliphatic heterocycles. The smallest absolute Gasteiger partial charge is 0.350 e. The Hall–Kier alpha value is -4.36. The monoisotopic (exact) mass is 704 g/mol. The van der Waals surface area contributed by atoms with Crippen molar-refractivity contribution in [3.05, 3.63) is 112 Å². The van der Waals surface area contributed by atoms with E-state index in [1.165, 1.54) is 11.0 Å².